The van der Waals surface area contributed by atoms with Crippen molar-refractivity contribution < 1.29 is 28.6 Å². The Balaban J connectivity index is 4.48. The van der Waals surface area contributed by atoms with Crippen LogP contribution in [0.4, 0.5) is 0 Å². The van der Waals surface area contributed by atoms with Crippen LogP contribution in [0.5, 0.6) is 0 Å². The van der Waals surface area contributed by atoms with Crippen LogP contribution in [0, 0.1) is 0 Å². The Morgan fingerprint density at radius 2 is 0.494 bits per heavy atom. The molecule has 0 amide bonds. The zero-order valence-corrected chi connectivity index (χ0v) is 51.7. The zero-order chi connectivity index (χ0) is 58.5. The average molecular weight is 1110 g/mol. The molecule has 0 rings (SSSR count). The topological polar surface area (TPSA) is 78.9 Å². The van der Waals surface area contributed by atoms with Gasteiger partial charge >= 0.3 is 17.9 Å². The van der Waals surface area contributed by atoms with E-state index in [1.165, 1.54) is 51.4 Å². The Morgan fingerprint density at radius 3 is 0.790 bits per heavy atom. The van der Waals surface area contributed by atoms with Gasteiger partial charge in [-0.15, -0.1) is 0 Å². The Bertz CT molecular complexity index is 1900. The van der Waals surface area contributed by atoms with Crippen molar-refractivity contribution in [2.24, 2.45) is 0 Å². The third-order valence-electron chi connectivity index (χ3n) is 12.9. The first-order valence-electron chi connectivity index (χ1n) is 32.3. The van der Waals surface area contributed by atoms with Crippen molar-refractivity contribution in [2.45, 2.75) is 258 Å². The Hall–Kier alpha value is -5.49. The van der Waals surface area contributed by atoms with Crippen LogP contribution in [0.3, 0.4) is 0 Å². The highest BCUT2D eigenvalue weighted by molar-refractivity contribution is 5.71. The fraction of sp³-hybridized carbons (Fsp3) is 0.560. The van der Waals surface area contributed by atoms with Gasteiger partial charge in [-0.1, -0.05) is 280 Å². The van der Waals surface area contributed by atoms with Gasteiger partial charge in [-0.25, -0.2) is 0 Å². The highest BCUT2D eigenvalue weighted by atomic mass is 16.6. The normalized spacial score (nSPS) is 13.4. The summed E-state index contributed by atoms with van der Waals surface area (Å²) < 4.78 is 16.8. The maximum absolute atomic E-state index is 12.9. The van der Waals surface area contributed by atoms with Crippen molar-refractivity contribution in [1.82, 2.24) is 0 Å². The van der Waals surface area contributed by atoms with Crippen LogP contribution in [0.15, 0.2) is 182 Å². The van der Waals surface area contributed by atoms with Gasteiger partial charge in [-0.2, -0.15) is 0 Å². The number of carbonyl (C=O) groups is 3. The SMILES string of the molecule is CC/C=C\C/C=C\C/C=C\C/C=C\C/C=C\C/C=C\C/C=C\C/C=C\CCCCCCC(=O)OCC(COC(=O)CCCCCCCCCCCCC)OC(=O)CCC/C=C\C/C=C\C/C=C\C/C=C\C/C=C\C/C=C\C/C=C\CC. The van der Waals surface area contributed by atoms with Crippen molar-refractivity contribution >= 4 is 17.9 Å². The van der Waals surface area contributed by atoms with E-state index in [0.29, 0.717) is 19.3 Å². The lowest BCUT2D eigenvalue weighted by Gasteiger charge is -2.18. The highest BCUT2D eigenvalue weighted by Crippen LogP contribution is 2.14. The molecule has 0 fully saturated rings. The van der Waals surface area contributed by atoms with Crippen LogP contribution in [0.2, 0.25) is 0 Å². The summed E-state index contributed by atoms with van der Waals surface area (Å²) in [6.07, 6.45) is 100. The van der Waals surface area contributed by atoms with E-state index >= 15 is 0 Å². The van der Waals surface area contributed by atoms with E-state index in [1.54, 1.807) is 0 Å². The first-order valence-corrected chi connectivity index (χ1v) is 32.3. The average Bonchev–Trinajstić information content (AvgIpc) is 3.47. The van der Waals surface area contributed by atoms with Gasteiger partial charge in [0.25, 0.3) is 0 Å². The van der Waals surface area contributed by atoms with Gasteiger partial charge < -0.3 is 14.2 Å². The third kappa shape index (κ3) is 65.2. The number of esters is 3. The molecule has 0 aliphatic carbocycles. The first-order chi connectivity index (χ1) is 40.0. The van der Waals surface area contributed by atoms with Crippen LogP contribution >= 0.6 is 0 Å². The molecule has 81 heavy (non-hydrogen) atoms. The van der Waals surface area contributed by atoms with Crippen LogP contribution < -0.4 is 0 Å². The standard InChI is InChI=1S/C75H116O6/c1-4-7-10-13-16-19-22-24-26-28-30-32-34-35-36-37-38-39-41-42-44-46-48-50-53-56-59-62-65-68-74(77)80-71-72(70-79-73(76)67-64-61-58-55-52-21-18-15-12-9-6-3)81-75(78)69-66-63-60-57-54-51-49-47-45-43-40-33-31-29-27-25-23-20-17-14-11-8-5-2/h7-8,10-11,16-17,19-20,24-27,30-33,35-36,38-39,42-45,48-51,57,60,72H,4-6,9,12-15,18,21-23,28-29,34,37,40-41,46-47,52-56,58-59,61-71H2,1-3H3/b10-7-,11-8-,19-16-,20-17-,26-24-,27-25-,32-30-,33-31-,36-35-,39-38-,44-42-,45-43-,50-48-,51-49-,60-57-. The quantitative estimate of drug-likeness (QED) is 0.0261. The van der Waals surface area contributed by atoms with Crippen molar-refractivity contribution in [1.29, 1.82) is 0 Å². The number of allylic oxidation sites excluding steroid dienone is 30. The summed E-state index contributed by atoms with van der Waals surface area (Å²) in [4.78, 5) is 38.2. The number of hydrogen-bond acceptors (Lipinski definition) is 6. The maximum Gasteiger partial charge on any atom is 0.306 e. The maximum atomic E-state index is 12.9. The molecule has 0 aromatic rings. The Labute approximate surface area is 497 Å². The van der Waals surface area contributed by atoms with E-state index in [0.717, 1.165) is 154 Å². The van der Waals surface area contributed by atoms with Crippen molar-refractivity contribution in [3.05, 3.63) is 182 Å². The van der Waals surface area contributed by atoms with E-state index in [9.17, 15) is 14.4 Å². The minimum absolute atomic E-state index is 0.117. The van der Waals surface area contributed by atoms with E-state index in [1.807, 2.05) is 0 Å². The Kier molecular flexibility index (Phi) is 62.5. The van der Waals surface area contributed by atoms with Gasteiger partial charge in [-0.3, -0.25) is 14.4 Å². The molecule has 0 bridgehead atoms. The smallest absolute Gasteiger partial charge is 0.306 e. The molecule has 6 heteroatoms. The van der Waals surface area contributed by atoms with E-state index < -0.39 is 6.10 Å². The van der Waals surface area contributed by atoms with Crippen molar-refractivity contribution in [2.75, 3.05) is 13.2 Å². The summed E-state index contributed by atoms with van der Waals surface area (Å²) in [6.45, 7) is 6.32. The number of ether oxygens (including phenoxy) is 3. The van der Waals surface area contributed by atoms with Gasteiger partial charge in [-0.05, 0) is 135 Å². The molecule has 0 aromatic carbocycles. The van der Waals surface area contributed by atoms with Gasteiger partial charge in [0.15, 0.2) is 6.10 Å². The molecule has 0 aliphatic rings. The fourth-order valence-electron chi connectivity index (χ4n) is 8.15. The van der Waals surface area contributed by atoms with Gasteiger partial charge in [0.1, 0.15) is 13.2 Å². The predicted octanol–water partition coefficient (Wildman–Crippen LogP) is 22.4. The largest absolute Gasteiger partial charge is 0.462 e. The van der Waals surface area contributed by atoms with Crippen LogP contribution in [-0.2, 0) is 28.6 Å². The predicted molar refractivity (Wildman–Crippen MR) is 352 cm³/mol. The number of hydrogen-bond donors (Lipinski definition) is 0. The lowest BCUT2D eigenvalue weighted by atomic mass is 10.1. The van der Waals surface area contributed by atoms with E-state index in [2.05, 4.69) is 203 Å². The molecule has 0 aliphatic heterocycles. The first kappa shape index (κ1) is 75.5. The molecule has 0 radical (unpaired) electrons. The monoisotopic (exact) mass is 1110 g/mol. The fourth-order valence-corrected chi connectivity index (χ4v) is 8.15. The van der Waals surface area contributed by atoms with E-state index in [4.69, 9.17) is 14.2 Å². The highest BCUT2D eigenvalue weighted by Gasteiger charge is 2.19. The van der Waals surface area contributed by atoms with Gasteiger partial charge in [0.05, 0.1) is 0 Å². The van der Waals surface area contributed by atoms with Crippen LogP contribution in [0.1, 0.15) is 252 Å². The lowest BCUT2D eigenvalue weighted by molar-refractivity contribution is -0.167. The Morgan fingerprint density at radius 1 is 0.259 bits per heavy atom. The zero-order valence-electron chi connectivity index (χ0n) is 51.7. The summed E-state index contributed by atoms with van der Waals surface area (Å²) in [6, 6.07) is 0. The molecule has 0 spiro atoms. The van der Waals surface area contributed by atoms with Crippen molar-refractivity contribution in [3.8, 4) is 0 Å². The van der Waals surface area contributed by atoms with Crippen LogP contribution in [0.25, 0.3) is 0 Å². The third-order valence-corrected chi connectivity index (χ3v) is 12.9. The second kappa shape index (κ2) is 67.0. The molecule has 6 nitrogen and oxygen atoms in total. The molecule has 0 saturated heterocycles. The second-order valence-corrected chi connectivity index (χ2v) is 20.6. The summed E-state index contributed by atoms with van der Waals surface area (Å²) >= 11 is 0. The summed E-state index contributed by atoms with van der Waals surface area (Å²) in [5.74, 6) is -1.01. The summed E-state index contributed by atoms with van der Waals surface area (Å²) in [5, 5.41) is 0. The number of carbonyl (C=O) groups excluding carboxylic acids is 3. The molecule has 0 aromatic heterocycles. The number of unbranched alkanes of at least 4 members (excludes halogenated alkanes) is 15. The van der Waals surface area contributed by atoms with Gasteiger partial charge in [0, 0.05) is 19.3 Å². The minimum atomic E-state index is -0.829. The summed E-state index contributed by atoms with van der Waals surface area (Å²) in [5.41, 5.74) is 0. The molecular formula is C75H116O6. The van der Waals surface area contributed by atoms with Gasteiger partial charge in [0.2, 0.25) is 0 Å². The molecular weight excluding hydrogens is 997 g/mol. The minimum Gasteiger partial charge on any atom is -0.462 e. The number of rotatable bonds is 56. The molecule has 1 unspecified atom stereocenters. The summed E-state index contributed by atoms with van der Waals surface area (Å²) in [7, 11) is 0. The molecule has 0 N–H and O–H groups in total. The molecule has 0 heterocycles. The van der Waals surface area contributed by atoms with Crippen LogP contribution in [-0.4, -0.2) is 37.2 Å². The molecule has 0 saturated carbocycles. The van der Waals surface area contributed by atoms with E-state index in [-0.39, 0.29) is 37.5 Å². The molecule has 1 atom stereocenters. The second-order valence-electron chi connectivity index (χ2n) is 20.6. The molecule has 452 valence electrons. The lowest BCUT2D eigenvalue weighted by Crippen LogP contribution is -2.30. The van der Waals surface area contributed by atoms with Crippen molar-refractivity contribution in [3.63, 3.8) is 0 Å².